The van der Waals surface area contributed by atoms with Crippen molar-refractivity contribution in [2.75, 3.05) is 0 Å². The van der Waals surface area contributed by atoms with Gasteiger partial charge in [-0.3, -0.25) is 0 Å². The number of hydrogen-bond donors (Lipinski definition) is 1. The van der Waals surface area contributed by atoms with Crippen LogP contribution in [-0.2, 0) is 6.18 Å². The number of aromatic nitrogens is 2. The first-order valence-electron chi connectivity index (χ1n) is 4.33. The molecule has 6 heteroatoms. The molecule has 0 fully saturated rings. The van der Waals surface area contributed by atoms with Crippen LogP contribution in [0.5, 0.6) is 0 Å². The van der Waals surface area contributed by atoms with Crippen LogP contribution < -0.4 is 0 Å². The molecule has 1 heterocycles. The third kappa shape index (κ3) is 2.19. The fourth-order valence-electron chi connectivity index (χ4n) is 1.32. The van der Waals surface area contributed by atoms with Crippen molar-refractivity contribution in [2.24, 2.45) is 0 Å². The summed E-state index contributed by atoms with van der Waals surface area (Å²) < 4.78 is 37.5. The molecule has 1 aromatic carbocycles. The topological polar surface area (TPSA) is 28.7 Å². The van der Waals surface area contributed by atoms with Gasteiger partial charge in [-0.2, -0.15) is 13.2 Å². The Balaban J connectivity index is 2.53. The smallest absolute Gasteiger partial charge is 0.345 e. The molecule has 84 valence electrons. The van der Waals surface area contributed by atoms with Crippen LogP contribution in [0.25, 0.3) is 11.3 Å². The largest absolute Gasteiger partial charge is 0.416 e. The summed E-state index contributed by atoms with van der Waals surface area (Å²) in [7, 11) is 0. The summed E-state index contributed by atoms with van der Waals surface area (Å²) in [6, 6.07) is 3.37. The SMILES string of the molecule is FC(F)(F)c1cc(Cl)cc(-c2cnc[nH]2)c1. The normalized spacial score (nSPS) is 11.8. The predicted molar refractivity (Wildman–Crippen MR) is 54.0 cm³/mol. The first-order chi connectivity index (χ1) is 7.47. The van der Waals surface area contributed by atoms with E-state index in [9.17, 15) is 13.2 Å². The first kappa shape index (κ1) is 11.0. The van der Waals surface area contributed by atoms with Crippen molar-refractivity contribution in [3.63, 3.8) is 0 Å². The standard InChI is InChI=1S/C10H6ClF3N2/c11-8-2-6(9-4-15-5-16-9)1-7(3-8)10(12,13)14/h1-5H,(H,15,16). The monoisotopic (exact) mass is 246 g/mol. The van der Waals surface area contributed by atoms with Gasteiger partial charge in [-0.1, -0.05) is 11.6 Å². The molecule has 1 aromatic heterocycles. The van der Waals surface area contributed by atoms with Gasteiger partial charge in [0.1, 0.15) is 0 Å². The molecule has 0 amide bonds. The predicted octanol–water partition coefficient (Wildman–Crippen LogP) is 3.75. The minimum absolute atomic E-state index is 0.0411. The van der Waals surface area contributed by atoms with Crippen LogP contribution in [-0.4, -0.2) is 9.97 Å². The van der Waals surface area contributed by atoms with Gasteiger partial charge in [0.2, 0.25) is 0 Å². The molecular weight excluding hydrogens is 241 g/mol. The lowest BCUT2D eigenvalue weighted by Gasteiger charge is -2.08. The lowest BCUT2D eigenvalue weighted by Crippen LogP contribution is -2.04. The van der Waals surface area contributed by atoms with Gasteiger partial charge in [0.05, 0.1) is 23.8 Å². The molecule has 16 heavy (non-hydrogen) atoms. The van der Waals surface area contributed by atoms with Crippen LogP contribution >= 0.6 is 11.6 Å². The number of alkyl halides is 3. The second-order valence-electron chi connectivity index (χ2n) is 3.19. The highest BCUT2D eigenvalue weighted by Gasteiger charge is 2.31. The van der Waals surface area contributed by atoms with E-state index in [2.05, 4.69) is 9.97 Å². The number of hydrogen-bond acceptors (Lipinski definition) is 1. The Kier molecular flexibility index (Phi) is 2.63. The quantitative estimate of drug-likeness (QED) is 0.816. The highest BCUT2D eigenvalue weighted by Crippen LogP contribution is 2.34. The second-order valence-corrected chi connectivity index (χ2v) is 3.63. The molecule has 0 saturated heterocycles. The van der Waals surface area contributed by atoms with Gasteiger partial charge in [0, 0.05) is 10.6 Å². The molecule has 0 saturated carbocycles. The van der Waals surface area contributed by atoms with Crippen LogP contribution in [0.2, 0.25) is 5.02 Å². The average Bonchev–Trinajstić information content (AvgIpc) is 2.68. The Morgan fingerprint density at radius 3 is 2.50 bits per heavy atom. The number of aromatic amines is 1. The Hall–Kier alpha value is -1.49. The molecule has 0 atom stereocenters. The van der Waals surface area contributed by atoms with Gasteiger partial charge in [-0.15, -0.1) is 0 Å². The molecule has 2 aromatic rings. The summed E-state index contributed by atoms with van der Waals surface area (Å²) in [6.07, 6.45) is -1.57. The van der Waals surface area contributed by atoms with E-state index in [0.717, 1.165) is 12.1 Å². The van der Waals surface area contributed by atoms with E-state index >= 15 is 0 Å². The Morgan fingerprint density at radius 2 is 1.94 bits per heavy atom. The summed E-state index contributed by atoms with van der Waals surface area (Å²) in [6.45, 7) is 0. The third-order valence-corrected chi connectivity index (χ3v) is 2.25. The lowest BCUT2D eigenvalue weighted by atomic mass is 10.1. The maximum atomic E-state index is 12.5. The van der Waals surface area contributed by atoms with E-state index in [1.165, 1.54) is 18.6 Å². The molecule has 0 aliphatic heterocycles. The van der Waals surface area contributed by atoms with E-state index in [1.807, 2.05) is 0 Å². The highest BCUT2D eigenvalue weighted by atomic mass is 35.5. The van der Waals surface area contributed by atoms with E-state index < -0.39 is 11.7 Å². The van der Waals surface area contributed by atoms with Crippen LogP contribution in [0.1, 0.15) is 5.56 Å². The summed E-state index contributed by atoms with van der Waals surface area (Å²) in [4.78, 5) is 6.46. The molecule has 0 spiro atoms. The number of nitrogens with one attached hydrogen (secondary N) is 1. The number of halogens is 4. The van der Waals surface area contributed by atoms with Gasteiger partial charge in [0.25, 0.3) is 0 Å². The van der Waals surface area contributed by atoms with Crippen LogP contribution in [0.15, 0.2) is 30.7 Å². The van der Waals surface area contributed by atoms with Crippen molar-refractivity contribution >= 4 is 11.6 Å². The van der Waals surface area contributed by atoms with Crippen molar-refractivity contribution in [1.29, 1.82) is 0 Å². The first-order valence-corrected chi connectivity index (χ1v) is 4.71. The van der Waals surface area contributed by atoms with Gasteiger partial charge < -0.3 is 4.98 Å². The van der Waals surface area contributed by atoms with Crippen molar-refractivity contribution in [3.8, 4) is 11.3 Å². The number of benzene rings is 1. The van der Waals surface area contributed by atoms with E-state index in [1.54, 1.807) is 0 Å². The lowest BCUT2D eigenvalue weighted by molar-refractivity contribution is -0.137. The number of H-pyrrole nitrogens is 1. The number of imidazole rings is 1. The zero-order valence-corrected chi connectivity index (χ0v) is 8.60. The fourth-order valence-corrected chi connectivity index (χ4v) is 1.56. The van der Waals surface area contributed by atoms with Gasteiger partial charge in [0.15, 0.2) is 0 Å². The van der Waals surface area contributed by atoms with Crippen molar-refractivity contribution in [2.45, 2.75) is 6.18 Å². The number of nitrogens with zero attached hydrogens (tertiary/aromatic N) is 1. The summed E-state index contributed by atoms with van der Waals surface area (Å²) >= 11 is 5.64. The second kappa shape index (κ2) is 3.83. The van der Waals surface area contributed by atoms with Crippen molar-refractivity contribution in [3.05, 3.63) is 41.3 Å². The molecule has 0 bridgehead atoms. The van der Waals surface area contributed by atoms with E-state index in [0.29, 0.717) is 11.3 Å². The number of rotatable bonds is 1. The molecule has 0 radical (unpaired) electrons. The summed E-state index contributed by atoms with van der Waals surface area (Å²) in [5, 5.41) is 0.0411. The maximum absolute atomic E-state index is 12.5. The van der Waals surface area contributed by atoms with Gasteiger partial charge >= 0.3 is 6.18 Å². The van der Waals surface area contributed by atoms with Gasteiger partial charge in [-0.25, -0.2) is 4.98 Å². The average molecular weight is 247 g/mol. The highest BCUT2D eigenvalue weighted by molar-refractivity contribution is 6.30. The van der Waals surface area contributed by atoms with Crippen LogP contribution in [0, 0.1) is 0 Å². The zero-order chi connectivity index (χ0) is 11.8. The van der Waals surface area contributed by atoms with Gasteiger partial charge in [-0.05, 0) is 18.2 Å². The van der Waals surface area contributed by atoms with Crippen LogP contribution in [0.4, 0.5) is 13.2 Å². The van der Waals surface area contributed by atoms with E-state index in [-0.39, 0.29) is 5.02 Å². The Bertz CT molecular complexity index is 491. The molecule has 1 N–H and O–H groups in total. The Morgan fingerprint density at radius 1 is 1.19 bits per heavy atom. The molecule has 2 rings (SSSR count). The maximum Gasteiger partial charge on any atom is 0.416 e. The molecule has 0 unspecified atom stereocenters. The summed E-state index contributed by atoms with van der Waals surface area (Å²) in [5.41, 5.74) is 0.0786. The third-order valence-electron chi connectivity index (χ3n) is 2.03. The minimum Gasteiger partial charge on any atom is -0.345 e. The van der Waals surface area contributed by atoms with Crippen molar-refractivity contribution in [1.82, 2.24) is 9.97 Å². The zero-order valence-electron chi connectivity index (χ0n) is 7.85. The molecule has 2 nitrogen and oxygen atoms in total. The molecule has 0 aliphatic rings. The van der Waals surface area contributed by atoms with Crippen molar-refractivity contribution < 1.29 is 13.2 Å². The fraction of sp³-hybridized carbons (Fsp3) is 0.100. The Labute approximate surface area is 94.1 Å². The van der Waals surface area contributed by atoms with Crippen LogP contribution in [0.3, 0.4) is 0 Å². The minimum atomic E-state index is -4.40. The molecular formula is C10H6ClF3N2. The molecule has 0 aliphatic carbocycles. The summed E-state index contributed by atoms with van der Waals surface area (Å²) in [5.74, 6) is 0. The van der Waals surface area contributed by atoms with E-state index in [4.69, 9.17) is 11.6 Å².